The lowest BCUT2D eigenvalue weighted by Gasteiger charge is -2.20. The van der Waals surface area contributed by atoms with Crippen LogP contribution in [-0.2, 0) is 0 Å². The Morgan fingerprint density at radius 2 is 1.52 bits per heavy atom. The summed E-state index contributed by atoms with van der Waals surface area (Å²) in [5, 5.41) is 31.8. The molecular formula is C21H18N2O4. The number of hydrogen-bond donors (Lipinski definition) is 2. The number of phenolic OH excluding ortho intramolecular Hbond substituents is 1. The minimum atomic E-state index is -0.911. The molecule has 0 unspecified atom stereocenters. The zero-order valence-corrected chi connectivity index (χ0v) is 14.3. The molecule has 3 aromatic carbocycles. The van der Waals surface area contributed by atoms with Gasteiger partial charge in [0.2, 0.25) is 0 Å². The second kappa shape index (κ2) is 8.25. The van der Waals surface area contributed by atoms with Crippen LogP contribution in [0.15, 0.2) is 83.9 Å². The molecule has 0 heterocycles. The van der Waals surface area contributed by atoms with Crippen LogP contribution >= 0.6 is 0 Å². The van der Waals surface area contributed by atoms with Crippen molar-refractivity contribution in [1.82, 2.24) is 0 Å². The zero-order valence-electron chi connectivity index (χ0n) is 14.3. The van der Waals surface area contributed by atoms with E-state index in [9.17, 15) is 20.3 Å². The molecule has 0 bridgehead atoms. The molecule has 0 saturated carbocycles. The van der Waals surface area contributed by atoms with Crippen LogP contribution in [0.1, 0.15) is 28.8 Å². The number of benzene rings is 3. The first-order valence-corrected chi connectivity index (χ1v) is 8.35. The van der Waals surface area contributed by atoms with E-state index in [1.54, 1.807) is 12.1 Å². The maximum absolute atomic E-state index is 11.0. The van der Waals surface area contributed by atoms with Gasteiger partial charge in [0, 0.05) is 23.9 Å². The quantitative estimate of drug-likeness (QED) is 0.390. The van der Waals surface area contributed by atoms with Crippen LogP contribution in [0.3, 0.4) is 0 Å². The number of rotatable bonds is 6. The van der Waals surface area contributed by atoms with Crippen molar-refractivity contribution < 1.29 is 15.1 Å². The summed E-state index contributed by atoms with van der Waals surface area (Å²) in [5.41, 5.74) is 1.56. The Morgan fingerprint density at radius 3 is 2.11 bits per heavy atom. The molecule has 2 N–H and O–H groups in total. The molecule has 0 aliphatic carbocycles. The van der Waals surface area contributed by atoms with E-state index < -0.39 is 17.1 Å². The normalized spacial score (nSPS) is 13.4. The number of phenols is 1. The van der Waals surface area contributed by atoms with Gasteiger partial charge in [-0.3, -0.25) is 15.1 Å². The lowest BCUT2D eigenvalue weighted by Crippen LogP contribution is -2.09. The summed E-state index contributed by atoms with van der Waals surface area (Å²) in [6.07, 6.45) is 0.442. The number of aliphatic hydroxyl groups is 1. The number of aliphatic hydroxyl groups excluding tert-OH is 1. The van der Waals surface area contributed by atoms with Crippen molar-refractivity contribution >= 4 is 11.9 Å². The highest BCUT2D eigenvalue weighted by atomic mass is 16.6. The van der Waals surface area contributed by atoms with Gasteiger partial charge in [-0.1, -0.05) is 60.7 Å². The van der Waals surface area contributed by atoms with E-state index in [-0.39, 0.29) is 17.0 Å². The molecule has 0 aliphatic heterocycles. The third kappa shape index (κ3) is 4.37. The van der Waals surface area contributed by atoms with E-state index >= 15 is 0 Å². The molecule has 2 atom stereocenters. The first-order chi connectivity index (χ1) is 13.1. The number of non-ortho nitro benzene ring substituents is 1. The zero-order chi connectivity index (χ0) is 19.2. The van der Waals surface area contributed by atoms with Gasteiger partial charge in [0.05, 0.1) is 4.92 Å². The molecular weight excluding hydrogens is 344 g/mol. The van der Waals surface area contributed by atoms with Crippen LogP contribution in [0.4, 0.5) is 5.69 Å². The van der Waals surface area contributed by atoms with E-state index in [1.807, 2.05) is 48.5 Å². The number of nitrogens with zero attached hydrogens (tertiary/aromatic N) is 2. The van der Waals surface area contributed by atoms with Gasteiger partial charge in [-0.2, -0.15) is 0 Å². The van der Waals surface area contributed by atoms with Crippen molar-refractivity contribution in [3.05, 3.63) is 106 Å². The predicted molar refractivity (Wildman–Crippen MR) is 103 cm³/mol. The minimum absolute atomic E-state index is 0.120. The second-order valence-electron chi connectivity index (χ2n) is 5.99. The molecule has 0 aliphatic rings. The van der Waals surface area contributed by atoms with Crippen LogP contribution in [0.25, 0.3) is 0 Å². The highest BCUT2D eigenvalue weighted by molar-refractivity contribution is 5.84. The van der Waals surface area contributed by atoms with E-state index in [2.05, 4.69) is 4.99 Å². The summed E-state index contributed by atoms with van der Waals surface area (Å²) < 4.78 is 0. The van der Waals surface area contributed by atoms with Gasteiger partial charge >= 0.3 is 0 Å². The van der Waals surface area contributed by atoms with Crippen LogP contribution in [0.5, 0.6) is 5.75 Å². The van der Waals surface area contributed by atoms with Gasteiger partial charge < -0.3 is 10.2 Å². The summed E-state index contributed by atoms with van der Waals surface area (Å²) in [4.78, 5) is 14.9. The van der Waals surface area contributed by atoms with Crippen LogP contribution in [-0.4, -0.2) is 21.4 Å². The Bertz CT molecular complexity index is 943. The first-order valence-electron chi connectivity index (χ1n) is 8.35. The summed E-state index contributed by atoms with van der Waals surface area (Å²) in [6.45, 7) is 0. The summed E-state index contributed by atoms with van der Waals surface area (Å²) in [5.74, 6) is -0.120. The van der Waals surface area contributed by atoms with Crippen molar-refractivity contribution in [2.45, 2.75) is 12.1 Å². The SMILES string of the molecule is O=[N+]([O-])c1ccc(O)c(C=N[C@@H](c2ccccc2)[C@H](O)c2ccccc2)c1. The second-order valence-corrected chi connectivity index (χ2v) is 5.99. The van der Waals surface area contributed by atoms with Crippen molar-refractivity contribution in [1.29, 1.82) is 0 Å². The Morgan fingerprint density at radius 1 is 0.926 bits per heavy atom. The number of aromatic hydroxyl groups is 1. The monoisotopic (exact) mass is 362 g/mol. The molecule has 3 rings (SSSR count). The van der Waals surface area contributed by atoms with Gasteiger partial charge in [-0.05, 0) is 17.2 Å². The molecule has 136 valence electrons. The molecule has 0 saturated heterocycles. The van der Waals surface area contributed by atoms with Gasteiger partial charge in [0.1, 0.15) is 17.9 Å². The molecule has 6 heteroatoms. The number of aliphatic imine (C=N–C) groups is 1. The third-order valence-electron chi connectivity index (χ3n) is 4.18. The maximum Gasteiger partial charge on any atom is 0.270 e. The molecule has 0 amide bonds. The first kappa shape index (κ1) is 18.3. The summed E-state index contributed by atoms with van der Waals surface area (Å²) in [6, 6.07) is 21.5. The standard InChI is InChI=1S/C21H18N2O4/c24-19-12-11-18(23(26)27)13-17(19)14-22-20(15-7-3-1-4-8-15)21(25)16-9-5-2-6-10-16/h1-14,20-21,24-25H/t20-,21+/m0/s1. The fraction of sp³-hybridized carbons (Fsp3) is 0.0952. The molecule has 0 spiro atoms. The Balaban J connectivity index is 1.98. The molecule has 0 radical (unpaired) electrons. The molecule has 3 aromatic rings. The lowest BCUT2D eigenvalue weighted by atomic mass is 9.96. The fourth-order valence-corrected chi connectivity index (χ4v) is 2.75. The van der Waals surface area contributed by atoms with Crippen LogP contribution in [0, 0.1) is 10.1 Å². The Hall–Kier alpha value is -3.51. The Kier molecular flexibility index (Phi) is 5.58. The van der Waals surface area contributed by atoms with Crippen LogP contribution < -0.4 is 0 Å². The van der Waals surface area contributed by atoms with E-state index in [0.29, 0.717) is 5.56 Å². The maximum atomic E-state index is 11.0. The highest BCUT2D eigenvalue weighted by Gasteiger charge is 2.21. The number of nitro groups is 1. The number of hydrogen-bond acceptors (Lipinski definition) is 5. The van der Waals surface area contributed by atoms with Gasteiger partial charge in [0.25, 0.3) is 5.69 Å². The van der Waals surface area contributed by atoms with Gasteiger partial charge in [-0.15, -0.1) is 0 Å². The third-order valence-corrected chi connectivity index (χ3v) is 4.18. The van der Waals surface area contributed by atoms with E-state index in [1.165, 1.54) is 24.4 Å². The van der Waals surface area contributed by atoms with Gasteiger partial charge in [0.15, 0.2) is 0 Å². The van der Waals surface area contributed by atoms with Crippen molar-refractivity contribution in [2.75, 3.05) is 0 Å². The minimum Gasteiger partial charge on any atom is -0.507 e. The fourth-order valence-electron chi connectivity index (χ4n) is 2.75. The van der Waals surface area contributed by atoms with E-state index in [0.717, 1.165) is 5.56 Å². The van der Waals surface area contributed by atoms with E-state index in [4.69, 9.17) is 0 Å². The van der Waals surface area contributed by atoms with Gasteiger partial charge in [-0.25, -0.2) is 0 Å². The average molecular weight is 362 g/mol. The smallest absolute Gasteiger partial charge is 0.270 e. The van der Waals surface area contributed by atoms with Crippen LogP contribution in [0.2, 0.25) is 0 Å². The topological polar surface area (TPSA) is 96.0 Å². The molecule has 6 nitrogen and oxygen atoms in total. The largest absolute Gasteiger partial charge is 0.507 e. The summed E-state index contributed by atoms with van der Waals surface area (Å²) in [7, 11) is 0. The predicted octanol–water partition coefficient (Wildman–Crippen LogP) is 4.19. The van der Waals surface area contributed by atoms with Crippen molar-refractivity contribution in [2.24, 2.45) is 4.99 Å². The Labute approximate surface area is 156 Å². The van der Waals surface area contributed by atoms with Crippen molar-refractivity contribution in [3.8, 4) is 5.75 Å². The summed E-state index contributed by atoms with van der Waals surface area (Å²) >= 11 is 0. The van der Waals surface area contributed by atoms with Crippen molar-refractivity contribution in [3.63, 3.8) is 0 Å². The lowest BCUT2D eigenvalue weighted by molar-refractivity contribution is -0.384. The molecule has 27 heavy (non-hydrogen) atoms. The molecule has 0 fully saturated rings. The molecule has 0 aromatic heterocycles. The highest BCUT2D eigenvalue weighted by Crippen LogP contribution is 2.32. The number of nitro benzene ring substituents is 1. The average Bonchev–Trinajstić information content (AvgIpc) is 2.70.